The number of nitrogens with zero attached hydrogens (tertiary/aromatic N) is 3. The Hall–Kier alpha value is -1.65. The van der Waals surface area contributed by atoms with Crippen molar-refractivity contribution >= 4 is 50.9 Å². The summed E-state index contributed by atoms with van der Waals surface area (Å²) in [6, 6.07) is 5.01. The highest BCUT2D eigenvalue weighted by atomic mass is 79.9. The molecular weight excluding hydrogens is 402 g/mol. The summed E-state index contributed by atoms with van der Waals surface area (Å²) in [6.07, 6.45) is 1.87. The predicted octanol–water partition coefficient (Wildman–Crippen LogP) is 2.34. The van der Waals surface area contributed by atoms with Gasteiger partial charge in [0.05, 0.1) is 11.6 Å². The molecule has 2 aromatic rings. The molecule has 23 heavy (non-hydrogen) atoms. The van der Waals surface area contributed by atoms with E-state index in [1.807, 2.05) is 6.26 Å². The van der Waals surface area contributed by atoms with Crippen LogP contribution in [-0.2, 0) is 0 Å². The van der Waals surface area contributed by atoms with Gasteiger partial charge in [0.15, 0.2) is 5.11 Å². The zero-order valence-corrected chi connectivity index (χ0v) is 15.8. The van der Waals surface area contributed by atoms with E-state index < -0.39 is 0 Å². The zero-order chi connectivity index (χ0) is 17.0. The minimum absolute atomic E-state index is 0.153. The van der Waals surface area contributed by atoms with Crippen LogP contribution in [0.25, 0.3) is 0 Å². The number of thiocarbonyl (C=S) groups is 1. The van der Waals surface area contributed by atoms with E-state index in [-0.39, 0.29) is 11.0 Å². The highest BCUT2D eigenvalue weighted by Gasteiger charge is 2.13. The Morgan fingerprint density at radius 1 is 1.43 bits per heavy atom. The summed E-state index contributed by atoms with van der Waals surface area (Å²) in [5.74, 6) is 0.951. The molecule has 0 spiro atoms. The maximum atomic E-state index is 12.2. The Morgan fingerprint density at radius 2 is 2.17 bits per heavy atom. The zero-order valence-electron chi connectivity index (χ0n) is 12.6. The van der Waals surface area contributed by atoms with Crippen molar-refractivity contribution in [1.82, 2.24) is 20.2 Å². The Morgan fingerprint density at radius 3 is 2.78 bits per heavy atom. The van der Waals surface area contributed by atoms with E-state index in [2.05, 4.69) is 36.9 Å². The number of rotatable bonds is 4. The van der Waals surface area contributed by atoms with Crippen LogP contribution in [-0.4, -0.2) is 39.3 Å². The highest BCUT2D eigenvalue weighted by Crippen LogP contribution is 2.25. The van der Waals surface area contributed by atoms with Crippen LogP contribution in [0, 0.1) is 6.92 Å². The lowest BCUT2D eigenvalue weighted by Crippen LogP contribution is -2.38. The third-order valence-electron chi connectivity index (χ3n) is 2.83. The quantitative estimate of drug-likeness (QED) is 0.585. The molecule has 0 atom stereocenters. The van der Waals surface area contributed by atoms with Crippen molar-refractivity contribution in [3.05, 3.63) is 34.1 Å². The SMILES string of the molecule is COc1ccc(C(=O)NC(=S)Nn2c(C)nnc2SC)cc1Br. The van der Waals surface area contributed by atoms with Gasteiger partial charge in [-0.3, -0.25) is 15.5 Å². The first-order valence-corrected chi connectivity index (χ1v) is 8.80. The largest absolute Gasteiger partial charge is 0.496 e. The van der Waals surface area contributed by atoms with Crippen LogP contribution in [0.4, 0.5) is 0 Å². The van der Waals surface area contributed by atoms with Gasteiger partial charge in [-0.1, -0.05) is 11.8 Å². The summed E-state index contributed by atoms with van der Waals surface area (Å²) in [4.78, 5) is 12.2. The molecule has 0 saturated carbocycles. The number of aromatic nitrogens is 3. The minimum Gasteiger partial charge on any atom is -0.496 e. The topological polar surface area (TPSA) is 81.1 Å². The van der Waals surface area contributed by atoms with E-state index >= 15 is 0 Å². The van der Waals surface area contributed by atoms with Gasteiger partial charge in [0.25, 0.3) is 5.91 Å². The molecule has 0 bridgehead atoms. The van der Waals surface area contributed by atoms with Crippen molar-refractivity contribution in [3.63, 3.8) is 0 Å². The number of thioether (sulfide) groups is 1. The Labute approximate surface area is 151 Å². The van der Waals surface area contributed by atoms with Gasteiger partial charge in [0.2, 0.25) is 5.16 Å². The number of hydrogen-bond acceptors (Lipinski definition) is 6. The summed E-state index contributed by atoms with van der Waals surface area (Å²) >= 11 is 9.92. The third kappa shape index (κ3) is 4.21. The number of carbonyl (C=O) groups is 1. The monoisotopic (exact) mass is 415 g/mol. The van der Waals surface area contributed by atoms with Gasteiger partial charge in [0.1, 0.15) is 11.6 Å². The van der Waals surface area contributed by atoms with Crippen LogP contribution < -0.4 is 15.5 Å². The van der Waals surface area contributed by atoms with Gasteiger partial charge in [-0.05, 0) is 59.5 Å². The Bertz CT molecular complexity index is 750. The fourth-order valence-corrected chi connectivity index (χ4v) is 2.92. The number of amides is 1. The molecule has 0 saturated heterocycles. The van der Waals surface area contributed by atoms with Crippen LogP contribution in [0.15, 0.2) is 27.8 Å². The molecule has 7 nitrogen and oxygen atoms in total. The van der Waals surface area contributed by atoms with E-state index in [1.165, 1.54) is 11.8 Å². The molecule has 1 heterocycles. The van der Waals surface area contributed by atoms with Crippen molar-refractivity contribution in [2.75, 3.05) is 18.8 Å². The van der Waals surface area contributed by atoms with Crippen LogP contribution in [0.1, 0.15) is 16.2 Å². The average molecular weight is 416 g/mol. The molecule has 0 radical (unpaired) electrons. The number of aryl methyl sites for hydroxylation is 1. The summed E-state index contributed by atoms with van der Waals surface area (Å²) in [5.41, 5.74) is 3.33. The number of halogens is 1. The Balaban J connectivity index is 2.06. The van der Waals surface area contributed by atoms with Crippen molar-refractivity contribution < 1.29 is 9.53 Å². The van der Waals surface area contributed by atoms with E-state index in [0.29, 0.717) is 26.8 Å². The van der Waals surface area contributed by atoms with E-state index in [0.717, 1.165) is 0 Å². The molecule has 0 aliphatic rings. The number of benzene rings is 1. The molecule has 0 fully saturated rings. The first-order valence-electron chi connectivity index (χ1n) is 6.38. The van der Waals surface area contributed by atoms with Gasteiger partial charge in [-0.2, -0.15) is 0 Å². The van der Waals surface area contributed by atoms with Crippen LogP contribution in [0.5, 0.6) is 5.75 Å². The second-order valence-electron chi connectivity index (χ2n) is 4.31. The van der Waals surface area contributed by atoms with Crippen LogP contribution in [0.3, 0.4) is 0 Å². The molecule has 2 N–H and O–H groups in total. The maximum absolute atomic E-state index is 12.2. The molecule has 0 unspecified atom stereocenters. The molecule has 1 aromatic heterocycles. The number of nitrogens with one attached hydrogen (secondary N) is 2. The van der Waals surface area contributed by atoms with E-state index in [4.69, 9.17) is 17.0 Å². The lowest BCUT2D eigenvalue weighted by Gasteiger charge is -2.12. The lowest BCUT2D eigenvalue weighted by atomic mass is 10.2. The van der Waals surface area contributed by atoms with Gasteiger partial charge in [0, 0.05) is 5.56 Å². The Kier molecular flexibility index (Phi) is 5.97. The minimum atomic E-state index is -0.331. The summed E-state index contributed by atoms with van der Waals surface area (Å²) < 4.78 is 7.43. The van der Waals surface area contributed by atoms with Gasteiger partial charge in [-0.25, -0.2) is 4.68 Å². The molecule has 2 rings (SSSR count). The average Bonchev–Trinajstić information content (AvgIpc) is 2.87. The molecule has 0 aliphatic heterocycles. The molecule has 0 aliphatic carbocycles. The molecule has 1 aromatic carbocycles. The van der Waals surface area contributed by atoms with Crippen molar-refractivity contribution in [2.24, 2.45) is 0 Å². The van der Waals surface area contributed by atoms with E-state index in [1.54, 1.807) is 36.9 Å². The van der Waals surface area contributed by atoms with Gasteiger partial charge >= 0.3 is 0 Å². The second-order valence-corrected chi connectivity index (χ2v) is 6.35. The second kappa shape index (κ2) is 7.75. The first kappa shape index (κ1) is 17.7. The standard InChI is InChI=1S/C13H14BrN5O2S2/c1-7-16-17-13(23-3)19(7)18-12(22)15-11(20)8-4-5-10(21-2)9(14)6-8/h4-6H,1-3H3,(H2,15,18,20,22). The fraction of sp³-hybridized carbons (Fsp3) is 0.231. The molecule has 10 heteroatoms. The van der Waals surface area contributed by atoms with Crippen LogP contribution in [0.2, 0.25) is 0 Å². The van der Waals surface area contributed by atoms with Gasteiger partial charge in [-0.15, -0.1) is 10.2 Å². The van der Waals surface area contributed by atoms with E-state index in [9.17, 15) is 4.79 Å². The van der Waals surface area contributed by atoms with Crippen LogP contribution >= 0.6 is 39.9 Å². The summed E-state index contributed by atoms with van der Waals surface area (Å²) in [7, 11) is 1.56. The van der Waals surface area contributed by atoms with Crippen molar-refractivity contribution in [1.29, 1.82) is 0 Å². The maximum Gasteiger partial charge on any atom is 0.257 e. The predicted molar refractivity (Wildman–Crippen MR) is 96.7 cm³/mol. The summed E-state index contributed by atoms with van der Waals surface area (Å²) in [6.45, 7) is 1.78. The summed E-state index contributed by atoms with van der Waals surface area (Å²) in [5, 5.41) is 11.3. The van der Waals surface area contributed by atoms with Crippen molar-refractivity contribution in [2.45, 2.75) is 12.1 Å². The fourth-order valence-electron chi connectivity index (χ4n) is 1.72. The normalized spacial score (nSPS) is 10.3. The first-order chi connectivity index (χ1) is 11.0. The van der Waals surface area contributed by atoms with Gasteiger partial charge < -0.3 is 4.74 Å². The molecule has 122 valence electrons. The highest BCUT2D eigenvalue weighted by molar-refractivity contribution is 9.10. The van der Waals surface area contributed by atoms with Crippen molar-refractivity contribution in [3.8, 4) is 5.75 Å². The molecular formula is C13H14BrN5O2S2. The number of carbonyl (C=O) groups excluding carboxylic acids is 1. The number of ether oxygens (including phenoxy) is 1. The third-order valence-corrected chi connectivity index (χ3v) is 4.27. The smallest absolute Gasteiger partial charge is 0.257 e. The number of hydrogen-bond donors (Lipinski definition) is 2. The number of methoxy groups -OCH3 is 1. The lowest BCUT2D eigenvalue weighted by molar-refractivity contribution is 0.0977. The molecule has 1 amide bonds.